The minimum atomic E-state index is 0.0748. The van der Waals surface area contributed by atoms with Gasteiger partial charge in [-0.15, -0.1) is 0 Å². The normalized spacial score (nSPS) is 18.3. The molecule has 0 aromatic heterocycles. The Hall–Kier alpha value is 0.0500. The first kappa shape index (κ1) is 19.1. The second-order valence-corrected chi connectivity index (χ2v) is 8.00. The first-order valence-corrected chi connectivity index (χ1v) is 10.1. The summed E-state index contributed by atoms with van der Waals surface area (Å²) in [5.41, 5.74) is 0. The van der Waals surface area contributed by atoms with E-state index in [0.29, 0.717) is 32.6 Å². The highest BCUT2D eigenvalue weighted by Gasteiger charge is 2.15. The maximum Gasteiger partial charge on any atom is 0.220 e. The monoisotopic (exact) mass is 336 g/mol. The van der Waals surface area contributed by atoms with E-state index in [1.165, 1.54) is 18.6 Å². The van der Waals surface area contributed by atoms with Crippen LogP contribution in [0.4, 0.5) is 0 Å². The maximum atomic E-state index is 11.7. The molecule has 1 rings (SSSR count). The van der Waals surface area contributed by atoms with E-state index in [0.717, 1.165) is 18.1 Å². The van der Waals surface area contributed by atoms with Gasteiger partial charge in [0.05, 0.1) is 13.2 Å². The highest BCUT2D eigenvalue weighted by molar-refractivity contribution is 8.77. The Labute approximate surface area is 135 Å². The molecule has 1 aliphatic heterocycles. The first-order valence-electron chi connectivity index (χ1n) is 7.75. The lowest BCUT2D eigenvalue weighted by molar-refractivity contribution is -0.121. The van der Waals surface area contributed by atoms with Gasteiger partial charge < -0.3 is 15.5 Å². The number of carbonyl (C=O) groups excluding carboxylic acids is 1. The Morgan fingerprint density at radius 2 is 1.95 bits per heavy atom. The Balaban J connectivity index is 1.97. The second kappa shape index (κ2) is 12.6. The van der Waals surface area contributed by atoms with Crippen LogP contribution in [0, 0.1) is 0 Å². The van der Waals surface area contributed by atoms with Crippen molar-refractivity contribution in [1.29, 1.82) is 0 Å². The van der Waals surface area contributed by atoms with Crippen molar-refractivity contribution in [2.75, 3.05) is 45.1 Å². The molecule has 0 saturated carbocycles. The number of nitrogens with zero attached hydrogens (tertiary/aromatic N) is 1. The Kier molecular flexibility index (Phi) is 11.4. The lowest BCUT2D eigenvalue weighted by Crippen LogP contribution is -2.37. The van der Waals surface area contributed by atoms with Gasteiger partial charge in [-0.2, -0.15) is 0 Å². The summed E-state index contributed by atoms with van der Waals surface area (Å²) < 4.78 is 0. The summed E-state index contributed by atoms with van der Waals surface area (Å²) in [6.45, 7) is 2.47. The molecule has 1 unspecified atom stereocenters. The molecule has 1 saturated heterocycles. The van der Waals surface area contributed by atoms with Gasteiger partial charge in [0, 0.05) is 43.6 Å². The van der Waals surface area contributed by atoms with Crippen LogP contribution >= 0.6 is 21.6 Å². The molecule has 5 nitrogen and oxygen atoms in total. The maximum absolute atomic E-state index is 11.7. The third-order valence-electron chi connectivity index (χ3n) is 3.49. The fraction of sp³-hybridized carbons (Fsp3) is 0.929. The highest BCUT2D eigenvalue weighted by atomic mass is 33.1. The lowest BCUT2D eigenvalue weighted by Gasteiger charge is -2.20. The van der Waals surface area contributed by atoms with Crippen molar-refractivity contribution >= 4 is 27.5 Å². The first-order chi connectivity index (χ1) is 10.3. The Morgan fingerprint density at radius 3 is 2.57 bits per heavy atom. The Morgan fingerprint density at radius 1 is 1.19 bits per heavy atom. The summed E-state index contributed by atoms with van der Waals surface area (Å²) in [7, 11) is 3.96. The van der Waals surface area contributed by atoms with E-state index < -0.39 is 0 Å². The van der Waals surface area contributed by atoms with Crippen molar-refractivity contribution in [1.82, 2.24) is 10.2 Å². The molecule has 7 heteroatoms. The molecule has 0 aromatic rings. The quantitative estimate of drug-likeness (QED) is 0.366. The minimum Gasteiger partial charge on any atom is -0.395 e. The molecule has 0 aliphatic carbocycles. The minimum absolute atomic E-state index is 0.0748. The average molecular weight is 337 g/mol. The zero-order valence-corrected chi connectivity index (χ0v) is 14.3. The Bertz CT molecular complexity index is 271. The van der Waals surface area contributed by atoms with Crippen molar-refractivity contribution in [3.05, 3.63) is 0 Å². The lowest BCUT2D eigenvalue weighted by atomic mass is 10.1. The van der Waals surface area contributed by atoms with Gasteiger partial charge in [-0.25, -0.2) is 0 Å². The molecule has 124 valence electrons. The van der Waals surface area contributed by atoms with E-state index in [1.54, 1.807) is 0 Å². The predicted molar refractivity (Wildman–Crippen MR) is 90.5 cm³/mol. The second-order valence-electron chi connectivity index (χ2n) is 5.21. The summed E-state index contributed by atoms with van der Waals surface area (Å²) in [6.07, 6.45) is 5.24. The third kappa shape index (κ3) is 9.63. The summed E-state index contributed by atoms with van der Waals surface area (Å²) in [5.74, 6) is 1.38. The average Bonchev–Trinajstić information content (AvgIpc) is 2.97. The number of hydrogen-bond acceptors (Lipinski definition) is 6. The van der Waals surface area contributed by atoms with Gasteiger partial charge in [-0.1, -0.05) is 28.0 Å². The van der Waals surface area contributed by atoms with E-state index in [4.69, 9.17) is 10.2 Å². The molecule has 0 aromatic carbocycles. The largest absolute Gasteiger partial charge is 0.395 e. The van der Waals surface area contributed by atoms with Crippen molar-refractivity contribution in [2.45, 2.75) is 37.4 Å². The molecule has 0 bridgehead atoms. The molecule has 1 atom stereocenters. The van der Waals surface area contributed by atoms with Crippen LogP contribution in [-0.4, -0.2) is 71.4 Å². The SMILES string of the molecule is O=C(CCCCC1CCSS1)NCCN(CCO)CCO. The number of rotatable bonds is 12. The molecule has 1 heterocycles. The fourth-order valence-corrected chi connectivity index (χ4v) is 5.31. The van der Waals surface area contributed by atoms with Gasteiger partial charge >= 0.3 is 0 Å². The van der Waals surface area contributed by atoms with Crippen LogP contribution in [0.2, 0.25) is 0 Å². The van der Waals surface area contributed by atoms with Gasteiger partial charge in [0.1, 0.15) is 0 Å². The van der Waals surface area contributed by atoms with Gasteiger partial charge in [0.25, 0.3) is 0 Å². The van der Waals surface area contributed by atoms with Crippen LogP contribution in [0.5, 0.6) is 0 Å². The number of hydrogen-bond donors (Lipinski definition) is 3. The number of nitrogens with one attached hydrogen (secondary N) is 1. The van der Waals surface area contributed by atoms with Crippen LogP contribution in [0.15, 0.2) is 0 Å². The molecule has 21 heavy (non-hydrogen) atoms. The van der Waals surface area contributed by atoms with E-state index in [-0.39, 0.29) is 19.1 Å². The molecular weight excluding hydrogens is 308 g/mol. The smallest absolute Gasteiger partial charge is 0.220 e. The molecule has 0 radical (unpaired) electrons. The molecular formula is C14H28N2O3S2. The third-order valence-corrected chi connectivity index (χ3v) is 6.50. The molecule has 0 spiro atoms. The van der Waals surface area contributed by atoms with Gasteiger partial charge in [-0.05, 0) is 19.3 Å². The molecule has 1 amide bonds. The van der Waals surface area contributed by atoms with E-state index in [2.05, 4.69) is 5.32 Å². The van der Waals surface area contributed by atoms with Crippen LogP contribution in [0.25, 0.3) is 0 Å². The van der Waals surface area contributed by atoms with Gasteiger partial charge in [-0.3, -0.25) is 9.69 Å². The van der Waals surface area contributed by atoms with E-state index >= 15 is 0 Å². The van der Waals surface area contributed by atoms with Gasteiger partial charge in [0.2, 0.25) is 5.91 Å². The number of aliphatic hydroxyl groups excluding tert-OH is 2. The van der Waals surface area contributed by atoms with Crippen LogP contribution in [0.1, 0.15) is 32.1 Å². The fourth-order valence-electron chi connectivity index (χ4n) is 2.28. The van der Waals surface area contributed by atoms with Crippen molar-refractivity contribution in [3.8, 4) is 0 Å². The summed E-state index contributed by atoms with van der Waals surface area (Å²) in [4.78, 5) is 13.6. The van der Waals surface area contributed by atoms with Crippen molar-refractivity contribution in [3.63, 3.8) is 0 Å². The summed E-state index contributed by atoms with van der Waals surface area (Å²) >= 11 is 0. The summed E-state index contributed by atoms with van der Waals surface area (Å²) in [6, 6.07) is 0. The van der Waals surface area contributed by atoms with Crippen molar-refractivity contribution < 1.29 is 15.0 Å². The number of aliphatic hydroxyl groups is 2. The number of unbranched alkanes of at least 4 members (excludes halogenated alkanes) is 1. The molecule has 1 fully saturated rings. The van der Waals surface area contributed by atoms with Crippen LogP contribution in [-0.2, 0) is 4.79 Å². The topological polar surface area (TPSA) is 72.8 Å². The zero-order valence-electron chi connectivity index (χ0n) is 12.6. The highest BCUT2D eigenvalue weighted by Crippen LogP contribution is 2.39. The number of carbonyl (C=O) groups is 1. The predicted octanol–water partition coefficient (Wildman–Crippen LogP) is 1.10. The van der Waals surface area contributed by atoms with E-state index in [9.17, 15) is 4.79 Å². The molecule has 3 N–H and O–H groups in total. The van der Waals surface area contributed by atoms with Gasteiger partial charge in [0.15, 0.2) is 0 Å². The zero-order chi connectivity index (χ0) is 15.3. The standard InChI is InChI=1S/C14H28N2O3S2/c17-10-8-16(9-11-18)7-6-15-14(19)4-2-1-3-13-5-12-20-21-13/h13,17-18H,1-12H2,(H,15,19). The molecule has 1 aliphatic rings. The number of amides is 1. The van der Waals surface area contributed by atoms with Crippen LogP contribution in [0.3, 0.4) is 0 Å². The van der Waals surface area contributed by atoms with E-state index in [1.807, 2.05) is 26.5 Å². The van der Waals surface area contributed by atoms with Crippen molar-refractivity contribution in [2.24, 2.45) is 0 Å². The van der Waals surface area contributed by atoms with Crippen LogP contribution < -0.4 is 5.32 Å². The summed E-state index contributed by atoms with van der Waals surface area (Å²) in [5, 5.41) is 21.5.